The van der Waals surface area contributed by atoms with Crippen molar-refractivity contribution in [2.24, 2.45) is 5.73 Å². The summed E-state index contributed by atoms with van der Waals surface area (Å²) in [7, 11) is 0. The molecule has 1 saturated heterocycles. The van der Waals surface area contributed by atoms with Crippen LogP contribution in [0.15, 0.2) is 18.2 Å². The van der Waals surface area contributed by atoms with Crippen molar-refractivity contribution in [3.8, 4) is 0 Å². The summed E-state index contributed by atoms with van der Waals surface area (Å²) in [4.78, 5) is 6.61. The number of hydrogen-bond acceptors (Lipinski definition) is 4. The number of nitrogens with zero attached hydrogens (tertiary/aromatic N) is 2. The van der Waals surface area contributed by atoms with Gasteiger partial charge in [-0.3, -0.25) is 5.41 Å². The second-order valence-corrected chi connectivity index (χ2v) is 4.81. The molecule has 1 aromatic rings. The molecule has 0 unspecified atom stereocenters. The maximum absolute atomic E-state index is 7.42. The number of amidine groups is 1. The Bertz CT molecular complexity index is 430. The molecule has 1 aliphatic heterocycles. The second kappa shape index (κ2) is 4.33. The molecule has 5 nitrogen and oxygen atoms in total. The summed E-state index contributed by atoms with van der Waals surface area (Å²) in [6, 6.07) is 5.57. The minimum Gasteiger partial charge on any atom is -0.382 e. The number of nitrogens with one attached hydrogen (secondary N) is 1. The Hall–Kier alpha value is -1.62. The predicted molar refractivity (Wildman–Crippen MR) is 67.5 cm³/mol. The van der Waals surface area contributed by atoms with Gasteiger partial charge in [0.1, 0.15) is 17.3 Å². The SMILES string of the molecule is CC1(C)COCCN1c1cccc(C(=N)N)n1. The van der Waals surface area contributed by atoms with E-state index in [1.165, 1.54) is 0 Å². The summed E-state index contributed by atoms with van der Waals surface area (Å²) in [5, 5.41) is 7.42. The van der Waals surface area contributed by atoms with Crippen LogP contribution in [0.5, 0.6) is 0 Å². The molecule has 2 rings (SSSR count). The molecule has 0 aliphatic carbocycles. The number of morpholine rings is 1. The van der Waals surface area contributed by atoms with Crippen LogP contribution in [-0.2, 0) is 4.74 Å². The molecule has 5 heteroatoms. The highest BCUT2D eigenvalue weighted by molar-refractivity contribution is 5.93. The third-order valence-corrected chi connectivity index (χ3v) is 2.93. The summed E-state index contributed by atoms with van der Waals surface area (Å²) < 4.78 is 5.48. The third-order valence-electron chi connectivity index (χ3n) is 2.93. The molecule has 92 valence electrons. The predicted octanol–water partition coefficient (Wildman–Crippen LogP) is 0.981. The van der Waals surface area contributed by atoms with Crippen molar-refractivity contribution in [3.05, 3.63) is 23.9 Å². The van der Waals surface area contributed by atoms with Crippen molar-refractivity contribution >= 4 is 11.7 Å². The zero-order valence-corrected chi connectivity index (χ0v) is 10.2. The van der Waals surface area contributed by atoms with Crippen LogP contribution in [0.25, 0.3) is 0 Å². The van der Waals surface area contributed by atoms with Crippen molar-refractivity contribution in [1.29, 1.82) is 5.41 Å². The van der Waals surface area contributed by atoms with Crippen LogP contribution in [0.3, 0.4) is 0 Å². The fraction of sp³-hybridized carbons (Fsp3) is 0.500. The van der Waals surface area contributed by atoms with Gasteiger partial charge in [0.2, 0.25) is 0 Å². The van der Waals surface area contributed by atoms with E-state index in [0.717, 1.165) is 12.4 Å². The van der Waals surface area contributed by atoms with Crippen LogP contribution in [0.1, 0.15) is 19.5 Å². The van der Waals surface area contributed by atoms with Gasteiger partial charge in [-0.2, -0.15) is 0 Å². The van der Waals surface area contributed by atoms with E-state index in [9.17, 15) is 0 Å². The van der Waals surface area contributed by atoms with Gasteiger partial charge in [-0.05, 0) is 26.0 Å². The highest BCUT2D eigenvalue weighted by atomic mass is 16.5. The first-order valence-corrected chi connectivity index (χ1v) is 5.67. The van der Waals surface area contributed by atoms with E-state index in [4.69, 9.17) is 15.9 Å². The van der Waals surface area contributed by atoms with E-state index in [2.05, 4.69) is 23.7 Å². The maximum atomic E-state index is 7.42. The van der Waals surface area contributed by atoms with E-state index < -0.39 is 0 Å². The monoisotopic (exact) mass is 234 g/mol. The van der Waals surface area contributed by atoms with E-state index in [-0.39, 0.29) is 11.4 Å². The van der Waals surface area contributed by atoms with Gasteiger partial charge < -0.3 is 15.4 Å². The Morgan fingerprint density at radius 1 is 1.53 bits per heavy atom. The zero-order valence-electron chi connectivity index (χ0n) is 10.2. The average molecular weight is 234 g/mol. The van der Waals surface area contributed by atoms with Gasteiger partial charge in [-0.1, -0.05) is 6.07 Å². The first-order chi connectivity index (χ1) is 8.00. The van der Waals surface area contributed by atoms with Crippen LogP contribution in [0.2, 0.25) is 0 Å². The van der Waals surface area contributed by atoms with Gasteiger partial charge in [-0.25, -0.2) is 4.98 Å². The van der Waals surface area contributed by atoms with Gasteiger partial charge in [-0.15, -0.1) is 0 Å². The standard InChI is InChI=1S/C12H18N4O/c1-12(2)8-17-7-6-16(12)10-5-3-4-9(15-10)11(13)14/h3-5H,6-8H2,1-2H3,(H3,13,14). The van der Waals surface area contributed by atoms with Gasteiger partial charge in [0.25, 0.3) is 0 Å². The van der Waals surface area contributed by atoms with E-state index in [0.29, 0.717) is 18.9 Å². The van der Waals surface area contributed by atoms with Gasteiger partial charge in [0, 0.05) is 6.54 Å². The summed E-state index contributed by atoms with van der Waals surface area (Å²) in [5.74, 6) is 0.851. The first-order valence-electron chi connectivity index (χ1n) is 5.67. The van der Waals surface area contributed by atoms with E-state index >= 15 is 0 Å². The number of hydrogen-bond donors (Lipinski definition) is 2. The molecule has 1 aromatic heterocycles. The number of nitrogens with two attached hydrogens (primary N) is 1. The average Bonchev–Trinajstić information content (AvgIpc) is 2.28. The lowest BCUT2D eigenvalue weighted by Gasteiger charge is -2.43. The van der Waals surface area contributed by atoms with Gasteiger partial charge in [0.15, 0.2) is 0 Å². The number of rotatable bonds is 2. The zero-order chi connectivity index (χ0) is 12.5. The van der Waals surface area contributed by atoms with Crippen molar-refractivity contribution in [3.63, 3.8) is 0 Å². The molecule has 0 bridgehead atoms. The Morgan fingerprint density at radius 2 is 2.29 bits per heavy atom. The largest absolute Gasteiger partial charge is 0.382 e. The Balaban J connectivity index is 2.32. The van der Waals surface area contributed by atoms with Crippen LogP contribution >= 0.6 is 0 Å². The van der Waals surface area contributed by atoms with Crippen molar-refractivity contribution < 1.29 is 4.74 Å². The lowest BCUT2D eigenvalue weighted by atomic mass is 10.0. The fourth-order valence-electron chi connectivity index (χ4n) is 2.01. The Labute approximate surface area is 101 Å². The molecule has 3 N–H and O–H groups in total. The van der Waals surface area contributed by atoms with Gasteiger partial charge in [0.05, 0.1) is 18.8 Å². The van der Waals surface area contributed by atoms with Crippen LogP contribution in [-0.4, -0.2) is 36.1 Å². The molecule has 0 radical (unpaired) electrons. The Morgan fingerprint density at radius 3 is 2.94 bits per heavy atom. The molecule has 0 spiro atoms. The quantitative estimate of drug-likeness (QED) is 0.591. The molecular weight excluding hydrogens is 216 g/mol. The fourth-order valence-corrected chi connectivity index (χ4v) is 2.01. The van der Waals surface area contributed by atoms with E-state index in [1.54, 1.807) is 6.07 Å². The minimum atomic E-state index is -0.0827. The molecule has 0 amide bonds. The lowest BCUT2D eigenvalue weighted by molar-refractivity contribution is 0.0639. The molecule has 2 heterocycles. The molecule has 0 saturated carbocycles. The van der Waals surface area contributed by atoms with Crippen molar-refractivity contribution in [1.82, 2.24) is 4.98 Å². The summed E-state index contributed by atoms with van der Waals surface area (Å²) in [5.41, 5.74) is 5.89. The molecule has 1 aliphatic rings. The summed E-state index contributed by atoms with van der Waals surface area (Å²) >= 11 is 0. The maximum Gasteiger partial charge on any atom is 0.141 e. The number of anilines is 1. The highest BCUT2D eigenvalue weighted by Gasteiger charge is 2.31. The van der Waals surface area contributed by atoms with Crippen LogP contribution in [0.4, 0.5) is 5.82 Å². The minimum absolute atomic E-state index is 0.00193. The normalized spacial score (nSPS) is 19.1. The molecular formula is C12H18N4O. The second-order valence-electron chi connectivity index (χ2n) is 4.81. The topological polar surface area (TPSA) is 75.2 Å². The number of nitrogen functional groups attached to an aromatic ring is 1. The molecule has 17 heavy (non-hydrogen) atoms. The number of ether oxygens (including phenoxy) is 1. The molecule has 0 atom stereocenters. The van der Waals surface area contributed by atoms with Gasteiger partial charge >= 0.3 is 0 Å². The third kappa shape index (κ3) is 2.39. The van der Waals surface area contributed by atoms with Crippen molar-refractivity contribution in [2.75, 3.05) is 24.7 Å². The number of aromatic nitrogens is 1. The Kier molecular flexibility index (Phi) is 3.02. The summed E-state index contributed by atoms with van der Waals surface area (Å²) in [6.45, 7) is 6.43. The van der Waals surface area contributed by atoms with Crippen molar-refractivity contribution in [2.45, 2.75) is 19.4 Å². The van der Waals surface area contributed by atoms with E-state index in [1.807, 2.05) is 12.1 Å². The smallest absolute Gasteiger partial charge is 0.141 e. The lowest BCUT2D eigenvalue weighted by Crippen LogP contribution is -2.53. The number of pyridine rings is 1. The first kappa shape index (κ1) is 11.9. The molecule has 1 fully saturated rings. The van der Waals surface area contributed by atoms with Crippen LogP contribution in [0, 0.1) is 5.41 Å². The van der Waals surface area contributed by atoms with Crippen LogP contribution < -0.4 is 10.6 Å². The molecule has 0 aromatic carbocycles. The highest BCUT2D eigenvalue weighted by Crippen LogP contribution is 2.25. The summed E-state index contributed by atoms with van der Waals surface area (Å²) in [6.07, 6.45) is 0.